The number of esters is 1. The van der Waals surface area contributed by atoms with Gasteiger partial charge < -0.3 is 9.47 Å². The van der Waals surface area contributed by atoms with E-state index in [1.807, 2.05) is 49.4 Å². The summed E-state index contributed by atoms with van der Waals surface area (Å²) in [5, 5.41) is 0. The molecule has 0 saturated carbocycles. The minimum atomic E-state index is -0.636. The maximum absolute atomic E-state index is 12.4. The molecule has 1 heterocycles. The first-order chi connectivity index (χ1) is 12.6. The first kappa shape index (κ1) is 18.3. The second-order valence-electron chi connectivity index (χ2n) is 5.59. The van der Waals surface area contributed by atoms with E-state index in [0.29, 0.717) is 18.9 Å². The second-order valence-corrected chi connectivity index (χ2v) is 6.51. The van der Waals surface area contributed by atoms with Gasteiger partial charge in [0.25, 0.3) is 0 Å². The van der Waals surface area contributed by atoms with Crippen LogP contribution in [-0.4, -0.2) is 31.1 Å². The zero-order chi connectivity index (χ0) is 18.5. The molecule has 1 unspecified atom stereocenters. The van der Waals surface area contributed by atoms with Gasteiger partial charge in [0.15, 0.2) is 0 Å². The van der Waals surface area contributed by atoms with Crippen LogP contribution in [0.5, 0.6) is 5.75 Å². The molecule has 0 spiro atoms. The fourth-order valence-electron chi connectivity index (χ4n) is 2.68. The van der Waals surface area contributed by atoms with Crippen molar-refractivity contribution in [3.63, 3.8) is 0 Å². The standard InChI is InChI=1S/C20H19BrN2O3/c1-3-25-15-8-6-14(7-9-15)23-19-16-11-13(21)5-10-18(16)22-12-17(19)20(24)26-4-2/h5-12,17H,3-4H2,1-2H3. The van der Waals surface area contributed by atoms with Crippen LogP contribution >= 0.6 is 15.9 Å². The fraction of sp³-hybridized carbons (Fsp3) is 0.250. The first-order valence-corrected chi connectivity index (χ1v) is 9.24. The molecule has 5 nitrogen and oxygen atoms in total. The summed E-state index contributed by atoms with van der Waals surface area (Å²) in [6.45, 7) is 4.64. The molecule has 2 aromatic rings. The van der Waals surface area contributed by atoms with E-state index in [0.717, 1.165) is 27.2 Å². The molecule has 0 radical (unpaired) electrons. The molecule has 2 aromatic carbocycles. The van der Waals surface area contributed by atoms with Crippen LogP contribution in [0.4, 0.5) is 11.4 Å². The van der Waals surface area contributed by atoms with Gasteiger partial charge in [0.1, 0.15) is 11.7 Å². The predicted octanol–water partition coefficient (Wildman–Crippen LogP) is 4.86. The summed E-state index contributed by atoms with van der Waals surface area (Å²) in [6.07, 6.45) is 1.60. The summed E-state index contributed by atoms with van der Waals surface area (Å²) < 4.78 is 11.6. The fourth-order valence-corrected chi connectivity index (χ4v) is 3.04. The van der Waals surface area contributed by atoms with Crippen LogP contribution in [0.1, 0.15) is 19.4 Å². The van der Waals surface area contributed by atoms with Crippen molar-refractivity contribution in [3.05, 3.63) is 52.5 Å². The van der Waals surface area contributed by atoms with Crippen LogP contribution in [0.25, 0.3) is 0 Å². The Morgan fingerprint density at radius 3 is 2.62 bits per heavy atom. The van der Waals surface area contributed by atoms with Crippen molar-refractivity contribution in [1.82, 2.24) is 0 Å². The molecule has 1 aliphatic rings. The van der Waals surface area contributed by atoms with Crippen LogP contribution in [-0.2, 0) is 9.53 Å². The van der Waals surface area contributed by atoms with Gasteiger partial charge in [-0.05, 0) is 56.3 Å². The van der Waals surface area contributed by atoms with Crippen molar-refractivity contribution in [2.24, 2.45) is 15.9 Å². The minimum Gasteiger partial charge on any atom is -0.494 e. The molecule has 0 bridgehead atoms. The highest BCUT2D eigenvalue weighted by atomic mass is 79.9. The van der Waals surface area contributed by atoms with Gasteiger partial charge in [-0.15, -0.1) is 0 Å². The Hall–Kier alpha value is -2.47. The molecule has 1 atom stereocenters. The van der Waals surface area contributed by atoms with Crippen molar-refractivity contribution in [2.75, 3.05) is 13.2 Å². The second kappa shape index (κ2) is 8.27. The third kappa shape index (κ3) is 4.02. The average Bonchev–Trinajstić information content (AvgIpc) is 2.64. The van der Waals surface area contributed by atoms with Gasteiger partial charge in [-0.3, -0.25) is 14.8 Å². The lowest BCUT2D eigenvalue weighted by Crippen LogP contribution is -2.30. The predicted molar refractivity (Wildman–Crippen MR) is 106 cm³/mol. The molecule has 0 aliphatic carbocycles. The number of hydrogen-bond donors (Lipinski definition) is 0. The molecule has 1 aliphatic heterocycles. The summed E-state index contributed by atoms with van der Waals surface area (Å²) in [6, 6.07) is 13.2. The number of aliphatic imine (C=N–C) groups is 2. The van der Waals surface area contributed by atoms with Crippen LogP contribution in [0.15, 0.2) is 56.9 Å². The quantitative estimate of drug-likeness (QED) is 0.655. The van der Waals surface area contributed by atoms with Crippen LogP contribution in [0, 0.1) is 5.92 Å². The van der Waals surface area contributed by atoms with E-state index < -0.39 is 5.92 Å². The van der Waals surface area contributed by atoms with Crippen molar-refractivity contribution >= 4 is 45.2 Å². The smallest absolute Gasteiger partial charge is 0.320 e. The van der Waals surface area contributed by atoms with Crippen LogP contribution < -0.4 is 4.74 Å². The molecule has 3 rings (SSSR count). The number of carbonyl (C=O) groups is 1. The number of nitrogens with zero attached hydrogens (tertiary/aromatic N) is 2. The lowest BCUT2D eigenvalue weighted by Gasteiger charge is -2.20. The molecule has 0 saturated heterocycles. The van der Waals surface area contributed by atoms with Crippen molar-refractivity contribution < 1.29 is 14.3 Å². The van der Waals surface area contributed by atoms with Gasteiger partial charge in [0.2, 0.25) is 0 Å². The van der Waals surface area contributed by atoms with E-state index in [9.17, 15) is 4.79 Å². The van der Waals surface area contributed by atoms with E-state index in [-0.39, 0.29) is 5.97 Å². The van der Waals surface area contributed by atoms with Crippen molar-refractivity contribution in [1.29, 1.82) is 0 Å². The Kier molecular flexibility index (Phi) is 5.83. The third-order valence-corrected chi connectivity index (χ3v) is 4.32. The summed E-state index contributed by atoms with van der Waals surface area (Å²) in [4.78, 5) is 21.5. The van der Waals surface area contributed by atoms with E-state index in [2.05, 4.69) is 20.9 Å². The van der Waals surface area contributed by atoms with E-state index >= 15 is 0 Å². The van der Waals surface area contributed by atoms with Gasteiger partial charge in [-0.25, -0.2) is 0 Å². The third-order valence-electron chi connectivity index (χ3n) is 3.83. The summed E-state index contributed by atoms with van der Waals surface area (Å²) in [5.74, 6) is -0.207. The molecular formula is C20H19BrN2O3. The topological polar surface area (TPSA) is 60.2 Å². The molecular weight excluding hydrogens is 396 g/mol. The maximum atomic E-state index is 12.4. The number of carbonyl (C=O) groups excluding carboxylic acids is 1. The zero-order valence-corrected chi connectivity index (χ0v) is 16.2. The molecule has 0 amide bonds. The van der Waals surface area contributed by atoms with Gasteiger partial charge in [0.05, 0.1) is 30.3 Å². The van der Waals surface area contributed by atoms with E-state index in [1.54, 1.807) is 13.1 Å². The van der Waals surface area contributed by atoms with Crippen molar-refractivity contribution in [3.8, 4) is 5.75 Å². The van der Waals surface area contributed by atoms with E-state index in [4.69, 9.17) is 14.5 Å². The first-order valence-electron chi connectivity index (χ1n) is 8.44. The molecule has 26 heavy (non-hydrogen) atoms. The number of hydrogen-bond acceptors (Lipinski definition) is 5. The lowest BCUT2D eigenvalue weighted by atomic mass is 9.93. The highest BCUT2D eigenvalue weighted by molar-refractivity contribution is 9.10. The summed E-state index contributed by atoms with van der Waals surface area (Å²) >= 11 is 3.48. The van der Waals surface area contributed by atoms with Gasteiger partial charge in [0, 0.05) is 16.3 Å². The lowest BCUT2D eigenvalue weighted by molar-refractivity contribution is -0.143. The molecule has 0 aromatic heterocycles. The molecule has 134 valence electrons. The SMILES string of the molecule is CCOC(=O)C1C=Nc2ccc(Br)cc2C1=Nc1ccc(OCC)cc1. The molecule has 0 N–H and O–H groups in total. The molecule has 0 fully saturated rings. The van der Waals surface area contributed by atoms with Crippen molar-refractivity contribution in [2.45, 2.75) is 13.8 Å². The Morgan fingerprint density at radius 1 is 1.15 bits per heavy atom. The number of fused-ring (bicyclic) bond motifs is 1. The largest absolute Gasteiger partial charge is 0.494 e. The zero-order valence-electron chi connectivity index (χ0n) is 14.6. The van der Waals surface area contributed by atoms with Gasteiger partial charge in [-0.2, -0.15) is 0 Å². The number of rotatable bonds is 5. The Morgan fingerprint density at radius 2 is 1.92 bits per heavy atom. The highest BCUT2D eigenvalue weighted by Crippen LogP contribution is 2.32. The summed E-state index contributed by atoms with van der Waals surface area (Å²) in [7, 11) is 0. The number of halogens is 1. The molecule has 6 heteroatoms. The number of benzene rings is 2. The summed E-state index contributed by atoms with van der Waals surface area (Å²) in [5.41, 5.74) is 2.95. The van der Waals surface area contributed by atoms with Gasteiger partial charge >= 0.3 is 5.97 Å². The van der Waals surface area contributed by atoms with Crippen LogP contribution in [0.3, 0.4) is 0 Å². The average molecular weight is 415 g/mol. The Labute approximate surface area is 160 Å². The Balaban J connectivity index is 2.04. The Bertz CT molecular complexity index is 860. The van der Waals surface area contributed by atoms with E-state index in [1.165, 1.54) is 0 Å². The highest BCUT2D eigenvalue weighted by Gasteiger charge is 2.30. The van der Waals surface area contributed by atoms with Gasteiger partial charge in [-0.1, -0.05) is 15.9 Å². The minimum absolute atomic E-state index is 0.310. The van der Waals surface area contributed by atoms with Crippen LogP contribution in [0.2, 0.25) is 0 Å². The number of ether oxygens (including phenoxy) is 2. The maximum Gasteiger partial charge on any atom is 0.320 e. The monoisotopic (exact) mass is 414 g/mol. The normalized spacial score (nSPS) is 17.0.